The van der Waals surface area contributed by atoms with E-state index >= 15 is 0 Å². The Morgan fingerprint density at radius 2 is 1.86 bits per heavy atom. The highest BCUT2D eigenvalue weighted by Gasteiger charge is 2.47. The van der Waals surface area contributed by atoms with Crippen LogP contribution in [0.25, 0.3) is 0 Å². The number of anilines is 1. The van der Waals surface area contributed by atoms with E-state index in [1.807, 2.05) is 0 Å². The van der Waals surface area contributed by atoms with E-state index in [1.165, 1.54) is 24.3 Å². The molecule has 21 heavy (non-hydrogen) atoms. The van der Waals surface area contributed by atoms with Crippen LogP contribution in [0.4, 0.5) is 11.4 Å². The van der Waals surface area contributed by atoms with Crippen LogP contribution in [0, 0.1) is 21.4 Å². The molecule has 110 valence electrons. The van der Waals surface area contributed by atoms with Gasteiger partial charge in [-0.15, -0.1) is 0 Å². The maximum atomic E-state index is 12.4. The third kappa shape index (κ3) is 2.54. The van der Waals surface area contributed by atoms with Gasteiger partial charge in [0.1, 0.15) is 6.29 Å². The first-order valence-corrected chi connectivity index (χ1v) is 6.35. The molecule has 7 nitrogen and oxygen atoms in total. The average Bonchev–Trinajstić information content (AvgIpc) is 2.75. The van der Waals surface area contributed by atoms with E-state index in [0.29, 0.717) is 6.29 Å². The number of carbonyl (C=O) groups is 3. The second kappa shape index (κ2) is 5.08. The second-order valence-electron chi connectivity index (χ2n) is 5.54. The molecule has 2 amide bonds. The minimum Gasteiger partial charge on any atom is -0.303 e. The highest BCUT2D eigenvalue weighted by Crippen LogP contribution is 2.36. The molecule has 0 saturated carbocycles. The Labute approximate surface area is 120 Å². The number of carbonyl (C=O) groups excluding carboxylic acids is 3. The summed E-state index contributed by atoms with van der Waals surface area (Å²) in [6, 6.07) is 5.16. The first kappa shape index (κ1) is 14.8. The molecular weight excluding hydrogens is 276 g/mol. The van der Waals surface area contributed by atoms with Crippen LogP contribution in [0.15, 0.2) is 24.3 Å². The minimum atomic E-state index is -0.928. The number of imide groups is 1. The first-order chi connectivity index (χ1) is 9.77. The molecule has 1 atom stereocenters. The van der Waals surface area contributed by atoms with Crippen molar-refractivity contribution in [3.05, 3.63) is 34.4 Å². The summed E-state index contributed by atoms with van der Waals surface area (Å²) in [6.45, 7) is 3.21. The van der Waals surface area contributed by atoms with Crippen LogP contribution in [-0.2, 0) is 14.4 Å². The Morgan fingerprint density at radius 3 is 2.33 bits per heavy atom. The van der Waals surface area contributed by atoms with Crippen LogP contribution in [-0.4, -0.2) is 23.0 Å². The van der Waals surface area contributed by atoms with Crippen LogP contribution in [0.1, 0.15) is 20.3 Å². The zero-order valence-electron chi connectivity index (χ0n) is 11.6. The molecule has 0 aliphatic carbocycles. The van der Waals surface area contributed by atoms with Gasteiger partial charge in [0, 0.05) is 24.0 Å². The van der Waals surface area contributed by atoms with Gasteiger partial charge < -0.3 is 4.79 Å². The molecule has 1 aromatic rings. The first-order valence-electron chi connectivity index (χ1n) is 6.35. The topological polar surface area (TPSA) is 97.6 Å². The van der Waals surface area contributed by atoms with E-state index in [1.54, 1.807) is 13.8 Å². The molecule has 1 fully saturated rings. The predicted molar refractivity (Wildman–Crippen MR) is 73.5 cm³/mol. The molecule has 1 unspecified atom stereocenters. The summed E-state index contributed by atoms with van der Waals surface area (Å²) in [4.78, 5) is 46.5. The van der Waals surface area contributed by atoms with E-state index in [-0.39, 0.29) is 17.8 Å². The zero-order chi connectivity index (χ0) is 15.8. The molecule has 0 aromatic heterocycles. The number of aldehydes is 1. The van der Waals surface area contributed by atoms with E-state index in [2.05, 4.69) is 0 Å². The zero-order valence-corrected chi connectivity index (χ0v) is 11.6. The van der Waals surface area contributed by atoms with E-state index in [0.717, 1.165) is 4.90 Å². The Hall–Kier alpha value is -2.57. The van der Waals surface area contributed by atoms with Gasteiger partial charge in [-0.25, -0.2) is 0 Å². The maximum absolute atomic E-state index is 12.4. The fourth-order valence-corrected chi connectivity index (χ4v) is 2.29. The minimum absolute atomic E-state index is 0.0401. The van der Waals surface area contributed by atoms with Gasteiger partial charge in [0.25, 0.3) is 5.69 Å². The van der Waals surface area contributed by atoms with Gasteiger partial charge in [0.15, 0.2) is 0 Å². The van der Waals surface area contributed by atoms with E-state index < -0.39 is 28.1 Å². The van der Waals surface area contributed by atoms with Crippen molar-refractivity contribution >= 4 is 29.5 Å². The van der Waals surface area contributed by atoms with E-state index in [4.69, 9.17) is 0 Å². The van der Waals surface area contributed by atoms with Gasteiger partial charge in [-0.1, -0.05) is 13.8 Å². The highest BCUT2D eigenvalue weighted by atomic mass is 16.6. The Balaban J connectivity index is 2.32. The Morgan fingerprint density at radius 1 is 1.29 bits per heavy atom. The maximum Gasteiger partial charge on any atom is 0.269 e. The fraction of sp³-hybridized carbons (Fsp3) is 0.357. The number of hydrogen-bond donors (Lipinski definition) is 0. The smallest absolute Gasteiger partial charge is 0.269 e. The van der Waals surface area contributed by atoms with Crippen LogP contribution >= 0.6 is 0 Å². The summed E-state index contributed by atoms with van der Waals surface area (Å²) < 4.78 is 0. The number of rotatable bonds is 4. The molecule has 1 aromatic carbocycles. The van der Waals surface area contributed by atoms with Gasteiger partial charge >= 0.3 is 0 Å². The molecule has 2 rings (SSSR count). The molecule has 7 heteroatoms. The van der Waals surface area contributed by atoms with Gasteiger partial charge in [0.05, 0.1) is 16.5 Å². The fourth-order valence-electron chi connectivity index (χ4n) is 2.29. The summed E-state index contributed by atoms with van der Waals surface area (Å²) in [5.41, 5.74) is -0.773. The Kier molecular flexibility index (Phi) is 3.59. The van der Waals surface area contributed by atoms with Crippen molar-refractivity contribution in [3.8, 4) is 0 Å². The monoisotopic (exact) mass is 290 g/mol. The number of nitro groups is 1. The lowest BCUT2D eigenvalue weighted by molar-refractivity contribution is -0.384. The van der Waals surface area contributed by atoms with Gasteiger partial charge in [-0.05, 0) is 12.1 Å². The van der Waals surface area contributed by atoms with Gasteiger partial charge in [-0.3, -0.25) is 24.6 Å². The van der Waals surface area contributed by atoms with Gasteiger partial charge in [-0.2, -0.15) is 0 Å². The number of nitro benzene ring substituents is 1. The van der Waals surface area contributed by atoms with Crippen molar-refractivity contribution in [1.82, 2.24) is 0 Å². The highest BCUT2D eigenvalue weighted by molar-refractivity contribution is 6.21. The Bertz CT molecular complexity index is 621. The van der Waals surface area contributed by atoms with Crippen LogP contribution in [0.2, 0.25) is 0 Å². The van der Waals surface area contributed by atoms with Crippen molar-refractivity contribution in [1.29, 1.82) is 0 Å². The van der Waals surface area contributed by atoms with Gasteiger partial charge in [0.2, 0.25) is 11.8 Å². The normalized spacial score (nSPS) is 19.0. The number of amides is 2. The van der Waals surface area contributed by atoms with E-state index in [9.17, 15) is 24.5 Å². The van der Waals surface area contributed by atoms with Crippen molar-refractivity contribution in [2.24, 2.45) is 11.3 Å². The molecule has 1 aliphatic rings. The summed E-state index contributed by atoms with van der Waals surface area (Å²) in [5, 5.41) is 10.6. The van der Waals surface area contributed by atoms with Crippen molar-refractivity contribution in [2.45, 2.75) is 20.3 Å². The molecule has 0 radical (unpaired) electrons. The molecule has 1 heterocycles. The quantitative estimate of drug-likeness (QED) is 0.364. The molecule has 0 spiro atoms. The predicted octanol–water partition coefficient (Wildman–Crippen LogP) is 1.70. The number of nitrogens with zero attached hydrogens (tertiary/aromatic N) is 2. The van der Waals surface area contributed by atoms with Crippen LogP contribution < -0.4 is 4.90 Å². The summed E-state index contributed by atoms with van der Waals surface area (Å²) in [6.07, 6.45) is 0.629. The second-order valence-corrected chi connectivity index (χ2v) is 5.54. The molecular formula is C14H14N2O5. The third-order valence-corrected chi connectivity index (χ3v) is 3.67. The molecule has 1 saturated heterocycles. The van der Waals surface area contributed by atoms with Crippen LogP contribution in [0.3, 0.4) is 0 Å². The number of benzene rings is 1. The van der Waals surface area contributed by atoms with Crippen molar-refractivity contribution in [3.63, 3.8) is 0 Å². The largest absolute Gasteiger partial charge is 0.303 e. The number of non-ortho nitro benzene ring substituents is 1. The SMILES string of the molecule is CC(C)(C=O)C1CC(=O)N(c2ccc([N+](=O)[O-])cc2)C1=O. The lowest BCUT2D eigenvalue weighted by atomic mass is 9.79. The summed E-state index contributed by atoms with van der Waals surface area (Å²) >= 11 is 0. The van der Waals surface area contributed by atoms with Crippen molar-refractivity contribution in [2.75, 3.05) is 4.90 Å². The average molecular weight is 290 g/mol. The summed E-state index contributed by atoms with van der Waals surface area (Å²) in [7, 11) is 0. The molecule has 1 aliphatic heterocycles. The number of hydrogen-bond acceptors (Lipinski definition) is 5. The summed E-state index contributed by atoms with van der Waals surface area (Å²) in [5.74, 6) is -1.57. The lowest BCUT2D eigenvalue weighted by Gasteiger charge is -2.23. The van der Waals surface area contributed by atoms with Crippen molar-refractivity contribution < 1.29 is 19.3 Å². The molecule has 0 N–H and O–H groups in total. The lowest BCUT2D eigenvalue weighted by Crippen LogP contribution is -2.35. The third-order valence-electron chi connectivity index (χ3n) is 3.67. The standard InChI is InChI=1S/C14H14N2O5/c1-14(2,8-17)11-7-12(18)15(13(11)19)9-3-5-10(6-4-9)16(20)21/h3-6,8,11H,7H2,1-2H3. The van der Waals surface area contributed by atoms with Crippen LogP contribution in [0.5, 0.6) is 0 Å². The molecule has 0 bridgehead atoms.